The van der Waals surface area contributed by atoms with Crippen LogP contribution in [0, 0.1) is 0 Å². The molecule has 98 valence electrons. The van der Waals surface area contributed by atoms with Crippen LogP contribution in [0.3, 0.4) is 0 Å². The van der Waals surface area contributed by atoms with E-state index in [9.17, 15) is 14.7 Å². The SMILES string of the molecule is CC(C)(C)OC(=O)C[C@@H](C(=O)[O-])c1ccccc1. The number of carbonyl (C=O) groups excluding carboxylic acids is 2. The number of carboxylic acid groups (broad SMARTS) is 1. The fourth-order valence-electron chi connectivity index (χ4n) is 1.57. The Bertz CT molecular complexity index is 417. The van der Waals surface area contributed by atoms with Gasteiger partial charge in [-0.2, -0.15) is 0 Å². The van der Waals surface area contributed by atoms with Crippen LogP contribution < -0.4 is 5.11 Å². The summed E-state index contributed by atoms with van der Waals surface area (Å²) >= 11 is 0. The highest BCUT2D eigenvalue weighted by Gasteiger charge is 2.22. The first kappa shape index (κ1) is 14.2. The Kier molecular flexibility index (Phi) is 4.48. The van der Waals surface area contributed by atoms with Crippen molar-refractivity contribution in [3.63, 3.8) is 0 Å². The monoisotopic (exact) mass is 249 g/mol. The van der Waals surface area contributed by atoms with Crippen LogP contribution in [0.4, 0.5) is 0 Å². The third-order valence-corrected chi connectivity index (χ3v) is 2.28. The van der Waals surface area contributed by atoms with Crippen molar-refractivity contribution in [2.45, 2.75) is 38.7 Å². The van der Waals surface area contributed by atoms with Gasteiger partial charge in [0.2, 0.25) is 0 Å². The van der Waals surface area contributed by atoms with Gasteiger partial charge >= 0.3 is 5.97 Å². The van der Waals surface area contributed by atoms with Gasteiger partial charge in [0, 0.05) is 11.9 Å². The van der Waals surface area contributed by atoms with E-state index in [0.717, 1.165) is 0 Å². The van der Waals surface area contributed by atoms with Crippen LogP contribution >= 0.6 is 0 Å². The maximum absolute atomic E-state index is 11.6. The molecule has 0 saturated heterocycles. The van der Waals surface area contributed by atoms with Gasteiger partial charge in [0.1, 0.15) is 5.60 Å². The van der Waals surface area contributed by atoms with Crippen molar-refractivity contribution in [3.8, 4) is 0 Å². The highest BCUT2D eigenvalue weighted by atomic mass is 16.6. The Morgan fingerprint density at radius 2 is 1.78 bits per heavy atom. The van der Waals surface area contributed by atoms with Gasteiger partial charge in [0.05, 0.1) is 6.42 Å². The van der Waals surface area contributed by atoms with Gasteiger partial charge in [-0.15, -0.1) is 0 Å². The molecule has 1 aromatic carbocycles. The number of aliphatic carboxylic acids is 1. The van der Waals surface area contributed by atoms with E-state index in [1.807, 2.05) is 0 Å². The minimum Gasteiger partial charge on any atom is -0.549 e. The number of hydrogen-bond acceptors (Lipinski definition) is 4. The molecule has 0 spiro atoms. The summed E-state index contributed by atoms with van der Waals surface area (Å²) < 4.78 is 5.11. The van der Waals surface area contributed by atoms with Crippen LogP contribution in [0.1, 0.15) is 38.7 Å². The third kappa shape index (κ3) is 4.57. The first-order chi connectivity index (χ1) is 8.29. The Balaban J connectivity index is 2.77. The molecule has 18 heavy (non-hydrogen) atoms. The molecule has 1 rings (SSSR count). The molecule has 0 aliphatic carbocycles. The van der Waals surface area contributed by atoms with Crippen LogP contribution in [0.2, 0.25) is 0 Å². The maximum atomic E-state index is 11.6. The topological polar surface area (TPSA) is 66.4 Å². The minimum absolute atomic E-state index is 0.219. The summed E-state index contributed by atoms with van der Waals surface area (Å²) in [5, 5.41) is 11.1. The predicted octanol–water partition coefficient (Wildman–Crippen LogP) is 1.25. The van der Waals surface area contributed by atoms with E-state index in [-0.39, 0.29) is 6.42 Å². The maximum Gasteiger partial charge on any atom is 0.307 e. The highest BCUT2D eigenvalue weighted by molar-refractivity contribution is 5.82. The van der Waals surface area contributed by atoms with Gasteiger partial charge in [-0.05, 0) is 26.3 Å². The fraction of sp³-hybridized carbons (Fsp3) is 0.429. The van der Waals surface area contributed by atoms with Crippen molar-refractivity contribution >= 4 is 11.9 Å². The third-order valence-electron chi connectivity index (χ3n) is 2.28. The standard InChI is InChI=1S/C14H18O4/c1-14(2,3)18-12(15)9-11(13(16)17)10-7-5-4-6-8-10/h4-8,11H,9H2,1-3H3,(H,16,17)/p-1/t11-/m1/s1. The Hall–Kier alpha value is -1.84. The number of carboxylic acids is 1. The molecule has 0 aliphatic heterocycles. The highest BCUT2D eigenvalue weighted by Crippen LogP contribution is 2.21. The fourth-order valence-corrected chi connectivity index (χ4v) is 1.57. The van der Waals surface area contributed by atoms with Gasteiger partial charge in [-0.25, -0.2) is 0 Å². The first-order valence-corrected chi connectivity index (χ1v) is 5.77. The summed E-state index contributed by atoms with van der Waals surface area (Å²) in [6.07, 6.45) is -0.219. The lowest BCUT2D eigenvalue weighted by Gasteiger charge is -2.23. The second-order valence-electron chi connectivity index (χ2n) is 5.07. The second kappa shape index (κ2) is 5.67. The van der Waals surface area contributed by atoms with Gasteiger partial charge in [0.15, 0.2) is 0 Å². The van der Waals surface area contributed by atoms with Gasteiger partial charge in [0.25, 0.3) is 0 Å². The summed E-state index contributed by atoms with van der Waals surface area (Å²) in [5.74, 6) is -2.78. The Morgan fingerprint density at radius 3 is 2.22 bits per heavy atom. The Labute approximate surface area is 107 Å². The van der Waals surface area contributed by atoms with Crippen LogP contribution in [-0.2, 0) is 14.3 Å². The van der Waals surface area contributed by atoms with Crippen molar-refractivity contribution in [2.75, 3.05) is 0 Å². The summed E-state index contributed by atoms with van der Waals surface area (Å²) in [5.41, 5.74) is -0.0760. The largest absolute Gasteiger partial charge is 0.549 e. The zero-order valence-corrected chi connectivity index (χ0v) is 10.8. The lowest BCUT2D eigenvalue weighted by Crippen LogP contribution is -2.33. The first-order valence-electron chi connectivity index (χ1n) is 5.77. The van der Waals surface area contributed by atoms with Gasteiger partial charge in [-0.1, -0.05) is 30.3 Å². The molecule has 0 saturated carbocycles. The molecule has 1 atom stereocenters. The van der Waals surface area contributed by atoms with Crippen LogP contribution in [-0.4, -0.2) is 17.5 Å². The molecule has 0 N–H and O–H groups in total. The quantitative estimate of drug-likeness (QED) is 0.753. The minimum atomic E-state index is -1.27. The molecular weight excluding hydrogens is 232 g/mol. The lowest BCUT2D eigenvalue weighted by molar-refractivity contribution is -0.308. The zero-order chi connectivity index (χ0) is 13.8. The molecule has 4 nitrogen and oxygen atoms in total. The molecule has 0 fully saturated rings. The van der Waals surface area contributed by atoms with E-state index in [2.05, 4.69) is 0 Å². The normalized spacial score (nSPS) is 12.8. The van der Waals surface area contributed by atoms with E-state index in [1.165, 1.54) is 0 Å². The van der Waals surface area contributed by atoms with Crippen LogP contribution in [0.25, 0.3) is 0 Å². The number of benzene rings is 1. The molecular formula is C14H17O4-. The van der Waals surface area contributed by atoms with E-state index in [4.69, 9.17) is 4.74 Å². The number of ether oxygens (including phenoxy) is 1. The number of esters is 1. The van der Waals surface area contributed by atoms with Crippen molar-refractivity contribution < 1.29 is 19.4 Å². The van der Waals surface area contributed by atoms with E-state index in [0.29, 0.717) is 5.56 Å². The zero-order valence-electron chi connectivity index (χ0n) is 10.8. The summed E-state index contributed by atoms with van der Waals surface area (Å²) in [7, 11) is 0. The molecule has 1 aromatic rings. The molecule has 0 radical (unpaired) electrons. The molecule has 0 unspecified atom stereocenters. The van der Waals surface area contributed by atoms with Crippen molar-refractivity contribution in [3.05, 3.63) is 35.9 Å². The van der Waals surface area contributed by atoms with Crippen LogP contribution in [0.15, 0.2) is 30.3 Å². The average Bonchev–Trinajstić information content (AvgIpc) is 2.24. The summed E-state index contributed by atoms with van der Waals surface area (Å²) in [6, 6.07) is 8.54. The van der Waals surface area contributed by atoms with Gasteiger partial charge in [-0.3, -0.25) is 4.79 Å². The van der Waals surface area contributed by atoms with Crippen LogP contribution in [0.5, 0.6) is 0 Å². The summed E-state index contributed by atoms with van der Waals surface area (Å²) in [6.45, 7) is 5.21. The summed E-state index contributed by atoms with van der Waals surface area (Å²) in [4.78, 5) is 22.7. The molecule has 4 heteroatoms. The van der Waals surface area contributed by atoms with E-state index < -0.39 is 23.5 Å². The molecule has 0 bridgehead atoms. The average molecular weight is 249 g/mol. The van der Waals surface area contributed by atoms with E-state index in [1.54, 1.807) is 51.1 Å². The van der Waals surface area contributed by atoms with Gasteiger partial charge < -0.3 is 14.6 Å². The molecule has 0 heterocycles. The van der Waals surface area contributed by atoms with Crippen molar-refractivity contribution in [1.29, 1.82) is 0 Å². The molecule has 0 aliphatic rings. The second-order valence-corrected chi connectivity index (χ2v) is 5.07. The molecule has 0 amide bonds. The molecule has 0 aromatic heterocycles. The predicted molar refractivity (Wildman–Crippen MR) is 64.7 cm³/mol. The smallest absolute Gasteiger partial charge is 0.307 e. The lowest BCUT2D eigenvalue weighted by atomic mass is 9.96. The number of rotatable bonds is 4. The number of hydrogen-bond donors (Lipinski definition) is 0. The number of carbonyl (C=O) groups is 2. The Morgan fingerprint density at radius 1 is 1.22 bits per heavy atom. The van der Waals surface area contributed by atoms with Crippen molar-refractivity contribution in [2.24, 2.45) is 0 Å². The van der Waals surface area contributed by atoms with Crippen molar-refractivity contribution in [1.82, 2.24) is 0 Å². The van der Waals surface area contributed by atoms with E-state index >= 15 is 0 Å².